The van der Waals surface area contributed by atoms with Gasteiger partial charge in [-0.2, -0.15) is 4.31 Å². The first-order valence-corrected chi connectivity index (χ1v) is 11.9. The van der Waals surface area contributed by atoms with E-state index in [0.29, 0.717) is 30.1 Å². The van der Waals surface area contributed by atoms with Crippen LogP contribution in [0.25, 0.3) is 0 Å². The molecule has 0 atom stereocenters. The van der Waals surface area contributed by atoms with Crippen LogP contribution in [0.2, 0.25) is 0 Å². The predicted octanol–water partition coefficient (Wildman–Crippen LogP) is 2.00. The van der Waals surface area contributed by atoms with Gasteiger partial charge in [0.05, 0.1) is 16.5 Å². The number of likely N-dealkylation sites (tertiary alicyclic amines) is 2. The van der Waals surface area contributed by atoms with Crippen LogP contribution in [-0.4, -0.2) is 78.7 Å². The van der Waals surface area contributed by atoms with E-state index in [-0.39, 0.29) is 11.9 Å². The van der Waals surface area contributed by atoms with E-state index in [1.165, 1.54) is 12.8 Å². The first kappa shape index (κ1) is 21.0. The third-order valence-corrected chi connectivity index (χ3v) is 7.87. The molecule has 4 rings (SSSR count). The predicted molar refractivity (Wildman–Crippen MR) is 115 cm³/mol. The lowest BCUT2D eigenvalue weighted by atomic mass is 10.1. The summed E-state index contributed by atoms with van der Waals surface area (Å²) in [6.45, 7) is 5.89. The van der Waals surface area contributed by atoms with E-state index in [0.717, 1.165) is 25.3 Å². The quantitative estimate of drug-likeness (QED) is 0.674. The summed E-state index contributed by atoms with van der Waals surface area (Å²) in [6.07, 6.45) is 3.92. The highest BCUT2D eigenvalue weighted by Crippen LogP contribution is 2.25. The molecule has 0 saturated carbocycles. The van der Waals surface area contributed by atoms with Crippen LogP contribution in [0.1, 0.15) is 28.9 Å². The van der Waals surface area contributed by atoms with Crippen LogP contribution < -0.4 is 0 Å². The lowest BCUT2D eigenvalue weighted by Gasteiger charge is -2.44. The molecule has 1 aromatic heterocycles. The Morgan fingerprint density at radius 1 is 1.10 bits per heavy atom. The van der Waals surface area contributed by atoms with Crippen molar-refractivity contribution in [3.63, 3.8) is 0 Å². The second-order valence-electron chi connectivity index (χ2n) is 8.03. The molecule has 1 aromatic carbocycles. The molecule has 0 unspecified atom stereocenters. The fraction of sp³-hybridized carbons (Fsp3) is 0.455. The Balaban J connectivity index is 1.47. The van der Waals surface area contributed by atoms with Gasteiger partial charge >= 0.3 is 0 Å². The minimum Gasteiger partial charge on any atom is -0.335 e. The normalized spacial score (nSPS) is 18.0. The molecule has 2 aromatic rings. The Hall–Kier alpha value is -2.29. The molecule has 30 heavy (non-hydrogen) atoms. The van der Waals surface area contributed by atoms with Gasteiger partial charge in [0.1, 0.15) is 0 Å². The van der Waals surface area contributed by atoms with Gasteiger partial charge in [-0.1, -0.05) is 18.2 Å². The number of benzene rings is 1. The Labute approximate surface area is 178 Å². The zero-order valence-corrected chi connectivity index (χ0v) is 18.1. The molecule has 160 valence electrons. The number of carbonyl (C=O) groups excluding carboxylic acids is 1. The van der Waals surface area contributed by atoms with Gasteiger partial charge < -0.3 is 9.80 Å². The second kappa shape index (κ2) is 8.83. The maximum absolute atomic E-state index is 13.3. The topological polar surface area (TPSA) is 73.8 Å². The molecule has 2 aliphatic rings. The van der Waals surface area contributed by atoms with Crippen molar-refractivity contribution in [1.29, 1.82) is 0 Å². The minimum absolute atomic E-state index is 0.102. The van der Waals surface area contributed by atoms with Crippen LogP contribution in [0.15, 0.2) is 53.6 Å². The van der Waals surface area contributed by atoms with Crippen LogP contribution >= 0.6 is 0 Å². The average Bonchev–Trinajstić information content (AvgIpc) is 3.24. The Bertz CT molecular complexity index is 967. The molecule has 0 spiro atoms. The lowest BCUT2D eigenvalue weighted by molar-refractivity contribution is 0.0442. The Morgan fingerprint density at radius 3 is 2.43 bits per heavy atom. The zero-order valence-electron chi connectivity index (χ0n) is 17.3. The Morgan fingerprint density at radius 2 is 1.80 bits per heavy atom. The molecule has 0 bridgehead atoms. The molecule has 0 N–H and O–H groups in total. The number of hydrogen-bond acceptors (Lipinski definition) is 5. The van der Waals surface area contributed by atoms with Crippen molar-refractivity contribution in [3.8, 4) is 0 Å². The summed E-state index contributed by atoms with van der Waals surface area (Å²) in [4.78, 5) is 21.2. The number of carbonyl (C=O) groups is 1. The third kappa shape index (κ3) is 4.40. The summed E-state index contributed by atoms with van der Waals surface area (Å²) >= 11 is 0. The van der Waals surface area contributed by atoms with Gasteiger partial charge in [0.15, 0.2) is 0 Å². The highest BCUT2D eigenvalue weighted by atomic mass is 32.2. The average molecular weight is 429 g/mol. The standard InChI is InChI=1S/C22H28N4O3S/c1-18-9-10-19(15-23-18)22(27)25-16-20(17-25)26(14-13-24-11-5-6-12-24)30(28,29)21-7-3-2-4-8-21/h2-4,7-10,15,20H,5-6,11-14,16-17H2,1H3. The number of amides is 1. The highest BCUT2D eigenvalue weighted by molar-refractivity contribution is 7.89. The van der Waals surface area contributed by atoms with Crippen molar-refractivity contribution in [3.05, 3.63) is 59.9 Å². The van der Waals surface area contributed by atoms with Crippen molar-refractivity contribution in [2.75, 3.05) is 39.3 Å². The van der Waals surface area contributed by atoms with E-state index in [4.69, 9.17) is 0 Å². The maximum Gasteiger partial charge on any atom is 0.255 e. The fourth-order valence-electron chi connectivity index (χ4n) is 4.05. The zero-order chi connectivity index (χ0) is 21.1. The fourth-order valence-corrected chi connectivity index (χ4v) is 5.67. The van der Waals surface area contributed by atoms with Crippen LogP contribution in [0.3, 0.4) is 0 Å². The number of pyridine rings is 1. The summed E-state index contributed by atoms with van der Waals surface area (Å²) < 4.78 is 28.3. The number of aromatic nitrogens is 1. The van der Waals surface area contributed by atoms with Crippen molar-refractivity contribution >= 4 is 15.9 Å². The van der Waals surface area contributed by atoms with Gasteiger partial charge in [-0.3, -0.25) is 9.78 Å². The van der Waals surface area contributed by atoms with E-state index in [9.17, 15) is 13.2 Å². The van der Waals surface area contributed by atoms with E-state index >= 15 is 0 Å². The number of sulfonamides is 1. The summed E-state index contributed by atoms with van der Waals surface area (Å²) in [5.41, 5.74) is 1.39. The summed E-state index contributed by atoms with van der Waals surface area (Å²) in [5, 5.41) is 0. The van der Waals surface area contributed by atoms with Crippen LogP contribution in [0, 0.1) is 6.92 Å². The molecule has 7 nitrogen and oxygen atoms in total. The summed E-state index contributed by atoms with van der Waals surface area (Å²) in [5.74, 6) is -0.102. The smallest absolute Gasteiger partial charge is 0.255 e. The number of rotatable bonds is 7. The van der Waals surface area contributed by atoms with E-state index in [1.807, 2.05) is 19.1 Å². The molecule has 1 amide bonds. The van der Waals surface area contributed by atoms with Gasteiger partial charge in [0, 0.05) is 38.1 Å². The largest absolute Gasteiger partial charge is 0.335 e. The van der Waals surface area contributed by atoms with Gasteiger partial charge in [0.25, 0.3) is 5.91 Å². The van der Waals surface area contributed by atoms with E-state index < -0.39 is 10.0 Å². The molecule has 2 aliphatic heterocycles. The Kier molecular flexibility index (Phi) is 6.17. The molecule has 3 heterocycles. The van der Waals surface area contributed by atoms with Crippen LogP contribution in [-0.2, 0) is 10.0 Å². The number of hydrogen-bond donors (Lipinski definition) is 0. The SMILES string of the molecule is Cc1ccc(C(=O)N2CC(N(CCN3CCCC3)S(=O)(=O)c3ccccc3)C2)cn1. The minimum atomic E-state index is -3.62. The highest BCUT2D eigenvalue weighted by Gasteiger charge is 2.41. The molecular formula is C22H28N4O3S. The van der Waals surface area contributed by atoms with Crippen molar-refractivity contribution in [1.82, 2.24) is 19.1 Å². The molecular weight excluding hydrogens is 400 g/mol. The van der Waals surface area contributed by atoms with E-state index in [2.05, 4.69) is 9.88 Å². The van der Waals surface area contributed by atoms with Crippen LogP contribution in [0.4, 0.5) is 0 Å². The van der Waals surface area contributed by atoms with E-state index in [1.54, 1.807) is 45.7 Å². The number of nitrogens with zero attached hydrogens (tertiary/aromatic N) is 4. The second-order valence-corrected chi connectivity index (χ2v) is 9.92. The molecule has 0 aliphatic carbocycles. The monoisotopic (exact) mass is 428 g/mol. The first-order chi connectivity index (χ1) is 14.4. The summed E-state index contributed by atoms with van der Waals surface area (Å²) in [6, 6.07) is 11.9. The molecule has 8 heteroatoms. The maximum atomic E-state index is 13.3. The van der Waals surface area contributed by atoms with Gasteiger partial charge in [-0.15, -0.1) is 0 Å². The van der Waals surface area contributed by atoms with Crippen molar-refractivity contribution in [2.24, 2.45) is 0 Å². The summed E-state index contributed by atoms with van der Waals surface area (Å²) in [7, 11) is -3.62. The third-order valence-electron chi connectivity index (χ3n) is 5.90. The van der Waals surface area contributed by atoms with Gasteiger partial charge in [-0.25, -0.2) is 8.42 Å². The van der Waals surface area contributed by atoms with Gasteiger partial charge in [-0.05, 0) is 57.1 Å². The van der Waals surface area contributed by atoms with Gasteiger partial charge in [0.2, 0.25) is 10.0 Å². The van der Waals surface area contributed by atoms with Crippen LogP contribution in [0.5, 0.6) is 0 Å². The first-order valence-electron chi connectivity index (χ1n) is 10.5. The molecule has 2 fully saturated rings. The van der Waals surface area contributed by atoms with Crippen molar-refractivity contribution in [2.45, 2.75) is 30.7 Å². The molecule has 2 saturated heterocycles. The molecule has 0 radical (unpaired) electrons. The lowest BCUT2D eigenvalue weighted by Crippen LogP contribution is -2.63. The van der Waals surface area contributed by atoms with Crippen molar-refractivity contribution < 1.29 is 13.2 Å². The number of aryl methyl sites for hydroxylation is 1.